The van der Waals surface area contributed by atoms with Gasteiger partial charge in [0.05, 0.1) is 10.6 Å². The molecule has 0 aliphatic rings. The van der Waals surface area contributed by atoms with Crippen molar-refractivity contribution >= 4 is 15.5 Å². The van der Waals surface area contributed by atoms with E-state index in [0.717, 1.165) is 6.07 Å². The average molecular weight is 311 g/mol. The number of nitrogens with one attached hydrogen (secondary N) is 1. The molecule has 0 fully saturated rings. The SMILES string of the molecule is CC(CO)C(C)Nc1ccccc1S(=O)(=O)C(F)(F)F. The van der Waals surface area contributed by atoms with Gasteiger partial charge in [-0.2, -0.15) is 13.2 Å². The molecule has 0 amide bonds. The molecule has 0 spiro atoms. The molecule has 0 radical (unpaired) electrons. The predicted molar refractivity (Wildman–Crippen MR) is 69.0 cm³/mol. The highest BCUT2D eigenvalue weighted by Crippen LogP contribution is 2.34. The molecule has 0 aliphatic heterocycles. The lowest BCUT2D eigenvalue weighted by Gasteiger charge is -2.22. The van der Waals surface area contributed by atoms with Crippen LogP contribution in [0, 0.1) is 5.92 Å². The van der Waals surface area contributed by atoms with Crippen LogP contribution in [-0.4, -0.2) is 31.7 Å². The molecule has 2 unspecified atom stereocenters. The van der Waals surface area contributed by atoms with Crippen LogP contribution in [-0.2, 0) is 9.84 Å². The van der Waals surface area contributed by atoms with Crippen LogP contribution in [0.25, 0.3) is 0 Å². The van der Waals surface area contributed by atoms with Crippen molar-refractivity contribution in [1.82, 2.24) is 0 Å². The van der Waals surface area contributed by atoms with E-state index >= 15 is 0 Å². The fourth-order valence-electron chi connectivity index (χ4n) is 1.49. The third-order valence-electron chi connectivity index (χ3n) is 3.01. The van der Waals surface area contributed by atoms with Crippen molar-refractivity contribution in [3.63, 3.8) is 0 Å². The fraction of sp³-hybridized carbons (Fsp3) is 0.500. The number of para-hydroxylation sites is 1. The van der Waals surface area contributed by atoms with E-state index < -0.39 is 20.2 Å². The average Bonchev–Trinajstić information content (AvgIpc) is 2.36. The molecule has 1 rings (SSSR count). The molecular weight excluding hydrogens is 295 g/mol. The summed E-state index contributed by atoms with van der Waals surface area (Å²) in [4.78, 5) is -0.815. The van der Waals surface area contributed by atoms with Crippen LogP contribution in [0.15, 0.2) is 29.2 Å². The number of sulfone groups is 1. The number of aliphatic hydroxyl groups is 1. The zero-order valence-corrected chi connectivity index (χ0v) is 11.8. The second-order valence-electron chi connectivity index (χ2n) is 4.54. The van der Waals surface area contributed by atoms with Gasteiger partial charge in [-0.3, -0.25) is 0 Å². The van der Waals surface area contributed by atoms with Crippen molar-refractivity contribution in [3.8, 4) is 0 Å². The van der Waals surface area contributed by atoms with E-state index in [4.69, 9.17) is 5.11 Å². The highest BCUT2D eigenvalue weighted by atomic mass is 32.2. The lowest BCUT2D eigenvalue weighted by Crippen LogP contribution is -2.29. The van der Waals surface area contributed by atoms with E-state index in [1.165, 1.54) is 18.2 Å². The maximum Gasteiger partial charge on any atom is 0.501 e. The summed E-state index contributed by atoms with van der Waals surface area (Å²) in [6, 6.07) is 4.45. The molecule has 4 nitrogen and oxygen atoms in total. The van der Waals surface area contributed by atoms with Gasteiger partial charge in [0.1, 0.15) is 0 Å². The topological polar surface area (TPSA) is 66.4 Å². The largest absolute Gasteiger partial charge is 0.501 e. The van der Waals surface area contributed by atoms with Crippen LogP contribution in [0.5, 0.6) is 0 Å². The monoisotopic (exact) mass is 311 g/mol. The molecule has 2 atom stereocenters. The zero-order chi connectivity index (χ0) is 15.6. The Morgan fingerprint density at radius 1 is 1.25 bits per heavy atom. The number of hydrogen-bond donors (Lipinski definition) is 2. The van der Waals surface area contributed by atoms with Crippen LogP contribution < -0.4 is 5.32 Å². The number of benzene rings is 1. The van der Waals surface area contributed by atoms with Crippen molar-refractivity contribution in [3.05, 3.63) is 24.3 Å². The van der Waals surface area contributed by atoms with Crippen LogP contribution in [0.2, 0.25) is 0 Å². The van der Waals surface area contributed by atoms with E-state index in [1.54, 1.807) is 13.8 Å². The summed E-state index contributed by atoms with van der Waals surface area (Å²) in [6.07, 6.45) is 0. The Morgan fingerprint density at radius 2 is 1.80 bits per heavy atom. The summed E-state index contributed by atoms with van der Waals surface area (Å²) >= 11 is 0. The number of rotatable bonds is 5. The van der Waals surface area contributed by atoms with Gasteiger partial charge < -0.3 is 10.4 Å². The predicted octanol–water partition coefficient (Wildman–Crippen LogP) is 2.41. The molecule has 0 heterocycles. The van der Waals surface area contributed by atoms with Gasteiger partial charge in [0.25, 0.3) is 9.84 Å². The second-order valence-corrected chi connectivity index (χ2v) is 6.45. The van der Waals surface area contributed by atoms with E-state index in [2.05, 4.69) is 5.32 Å². The van der Waals surface area contributed by atoms with Gasteiger partial charge in [-0.1, -0.05) is 19.1 Å². The molecule has 0 bridgehead atoms. The molecule has 0 aliphatic carbocycles. The number of aliphatic hydroxyl groups excluding tert-OH is 1. The molecule has 0 aromatic heterocycles. The van der Waals surface area contributed by atoms with Crippen molar-refractivity contribution in [2.24, 2.45) is 5.92 Å². The molecule has 20 heavy (non-hydrogen) atoms. The van der Waals surface area contributed by atoms with Gasteiger partial charge in [-0.05, 0) is 25.0 Å². The Labute approximate surface area is 115 Å². The van der Waals surface area contributed by atoms with Gasteiger partial charge in [-0.15, -0.1) is 0 Å². The lowest BCUT2D eigenvalue weighted by molar-refractivity contribution is -0.0435. The van der Waals surface area contributed by atoms with E-state index in [0.29, 0.717) is 0 Å². The van der Waals surface area contributed by atoms with Gasteiger partial charge in [0, 0.05) is 12.6 Å². The molecule has 8 heteroatoms. The summed E-state index contributed by atoms with van der Waals surface area (Å²) < 4.78 is 60.8. The minimum atomic E-state index is -5.41. The fourth-order valence-corrected chi connectivity index (χ4v) is 2.41. The minimum Gasteiger partial charge on any atom is -0.396 e. The maximum atomic E-state index is 12.6. The summed E-state index contributed by atoms with van der Waals surface area (Å²) in [5.41, 5.74) is -5.48. The van der Waals surface area contributed by atoms with Gasteiger partial charge >= 0.3 is 5.51 Å². The molecule has 114 valence electrons. The Hall–Kier alpha value is -1.28. The van der Waals surface area contributed by atoms with E-state index in [1.807, 2.05) is 0 Å². The minimum absolute atomic E-state index is 0.127. The Kier molecular flexibility index (Phi) is 5.04. The van der Waals surface area contributed by atoms with Crippen LogP contribution in [0.1, 0.15) is 13.8 Å². The first kappa shape index (κ1) is 16.8. The lowest BCUT2D eigenvalue weighted by atomic mass is 10.0. The van der Waals surface area contributed by atoms with Crippen molar-refractivity contribution in [1.29, 1.82) is 0 Å². The second kappa shape index (κ2) is 6.01. The van der Waals surface area contributed by atoms with Gasteiger partial charge in [0.15, 0.2) is 0 Å². The third kappa shape index (κ3) is 3.43. The van der Waals surface area contributed by atoms with E-state index in [9.17, 15) is 21.6 Å². The highest BCUT2D eigenvalue weighted by Gasteiger charge is 2.48. The van der Waals surface area contributed by atoms with Crippen LogP contribution in [0.3, 0.4) is 0 Å². The summed E-state index contributed by atoms with van der Waals surface area (Å²) in [6.45, 7) is 3.18. The summed E-state index contributed by atoms with van der Waals surface area (Å²) in [5, 5.41) is 11.7. The molecule has 2 N–H and O–H groups in total. The summed E-state index contributed by atoms with van der Waals surface area (Å²) in [5.74, 6) is -0.239. The van der Waals surface area contributed by atoms with Crippen molar-refractivity contribution in [2.75, 3.05) is 11.9 Å². The highest BCUT2D eigenvalue weighted by molar-refractivity contribution is 7.92. The van der Waals surface area contributed by atoms with Crippen molar-refractivity contribution < 1.29 is 26.7 Å². The molecule has 1 aromatic rings. The van der Waals surface area contributed by atoms with Gasteiger partial charge in [-0.25, -0.2) is 8.42 Å². The number of alkyl halides is 3. The molecular formula is C12H16F3NO3S. The standard InChI is InChI=1S/C12H16F3NO3S/c1-8(7-17)9(2)16-10-5-3-4-6-11(10)20(18,19)12(13,14)15/h3-6,8-9,16-17H,7H2,1-2H3. The quantitative estimate of drug-likeness (QED) is 0.876. The third-order valence-corrected chi connectivity index (χ3v) is 4.55. The first-order valence-electron chi connectivity index (χ1n) is 5.89. The molecule has 0 saturated heterocycles. The normalized spacial score (nSPS) is 15.7. The Balaban J connectivity index is 3.19. The number of halogens is 3. The smallest absolute Gasteiger partial charge is 0.396 e. The molecule has 1 aromatic carbocycles. The van der Waals surface area contributed by atoms with Gasteiger partial charge in [0.2, 0.25) is 0 Å². The Morgan fingerprint density at radius 3 is 2.30 bits per heavy atom. The van der Waals surface area contributed by atoms with Crippen LogP contribution >= 0.6 is 0 Å². The first-order chi connectivity index (χ1) is 9.11. The zero-order valence-electron chi connectivity index (χ0n) is 11.0. The Bertz CT molecular complexity index is 557. The first-order valence-corrected chi connectivity index (χ1v) is 7.37. The number of anilines is 1. The number of hydrogen-bond acceptors (Lipinski definition) is 4. The summed E-state index contributed by atoms with van der Waals surface area (Å²) in [7, 11) is -5.41. The molecule has 0 saturated carbocycles. The maximum absolute atomic E-state index is 12.6. The van der Waals surface area contributed by atoms with E-state index in [-0.39, 0.29) is 24.3 Å². The van der Waals surface area contributed by atoms with Crippen LogP contribution in [0.4, 0.5) is 18.9 Å². The van der Waals surface area contributed by atoms with Crippen molar-refractivity contribution in [2.45, 2.75) is 30.3 Å².